The largest absolute Gasteiger partial charge is 0.361 e. The number of carbonyl (C=O) groups excluding carboxylic acids is 3. The molecule has 1 aromatic heterocycles. The number of nitrogens with zero attached hydrogens (tertiary/aromatic N) is 1. The van der Waals surface area contributed by atoms with Crippen LogP contribution in [-0.2, 0) is 20.8 Å². The molecule has 126 valence electrons. The van der Waals surface area contributed by atoms with Crippen LogP contribution in [0.4, 0.5) is 0 Å². The van der Waals surface area contributed by atoms with Crippen LogP contribution >= 0.6 is 0 Å². The van der Waals surface area contributed by atoms with E-state index >= 15 is 0 Å². The molecule has 1 atom stereocenters. The van der Waals surface area contributed by atoms with Crippen LogP contribution in [0, 0.1) is 6.92 Å². The standard InChI is InChI=1S/C18H21N3O3/c1-11-3-4-14-13(10-20-15(14)9-11)7-8-19-18(24)12(2)21-16(22)5-6-17(21)23/h3-4,9-10,12,20H,5-8H2,1-2H3,(H,19,24)/t12-/m0/s1. The van der Waals surface area contributed by atoms with Crippen molar-refractivity contribution in [1.29, 1.82) is 0 Å². The summed E-state index contributed by atoms with van der Waals surface area (Å²) in [6.07, 6.45) is 3.03. The predicted octanol–water partition coefficient (Wildman–Crippen LogP) is 1.67. The van der Waals surface area contributed by atoms with Gasteiger partial charge in [0.05, 0.1) is 0 Å². The topological polar surface area (TPSA) is 82.3 Å². The van der Waals surface area contributed by atoms with Crippen LogP contribution in [0.3, 0.4) is 0 Å². The summed E-state index contributed by atoms with van der Waals surface area (Å²) < 4.78 is 0. The zero-order valence-corrected chi connectivity index (χ0v) is 13.9. The Balaban J connectivity index is 1.58. The van der Waals surface area contributed by atoms with Crippen molar-refractivity contribution >= 4 is 28.6 Å². The third-order valence-electron chi connectivity index (χ3n) is 4.47. The summed E-state index contributed by atoms with van der Waals surface area (Å²) in [5.74, 6) is -0.835. The van der Waals surface area contributed by atoms with Crippen molar-refractivity contribution < 1.29 is 14.4 Å². The second-order valence-electron chi connectivity index (χ2n) is 6.24. The average molecular weight is 327 g/mol. The van der Waals surface area contributed by atoms with E-state index in [9.17, 15) is 14.4 Å². The molecular weight excluding hydrogens is 306 g/mol. The van der Waals surface area contributed by atoms with E-state index < -0.39 is 6.04 Å². The van der Waals surface area contributed by atoms with Crippen LogP contribution in [0.15, 0.2) is 24.4 Å². The Hall–Kier alpha value is -2.63. The number of H-pyrrole nitrogens is 1. The van der Waals surface area contributed by atoms with Crippen LogP contribution < -0.4 is 5.32 Å². The number of imide groups is 1. The Morgan fingerprint density at radius 2 is 2.00 bits per heavy atom. The summed E-state index contributed by atoms with van der Waals surface area (Å²) in [6.45, 7) is 4.09. The third-order valence-corrected chi connectivity index (χ3v) is 4.47. The first-order chi connectivity index (χ1) is 11.5. The van der Waals surface area contributed by atoms with E-state index in [1.54, 1.807) is 6.92 Å². The first-order valence-electron chi connectivity index (χ1n) is 8.16. The van der Waals surface area contributed by atoms with Gasteiger partial charge in [0, 0.05) is 36.5 Å². The maximum atomic E-state index is 12.2. The van der Waals surface area contributed by atoms with Crippen molar-refractivity contribution in [2.45, 2.75) is 39.2 Å². The first-order valence-corrected chi connectivity index (χ1v) is 8.16. The molecule has 3 rings (SSSR count). The zero-order chi connectivity index (χ0) is 17.3. The molecule has 1 aliphatic heterocycles. The molecule has 6 heteroatoms. The number of aromatic amines is 1. The number of fused-ring (bicyclic) bond motifs is 1. The highest BCUT2D eigenvalue weighted by molar-refractivity contribution is 6.05. The van der Waals surface area contributed by atoms with E-state index in [0.29, 0.717) is 13.0 Å². The number of likely N-dealkylation sites (tertiary alicyclic amines) is 1. The summed E-state index contributed by atoms with van der Waals surface area (Å²) in [6, 6.07) is 5.47. The molecule has 2 aromatic rings. The Morgan fingerprint density at radius 1 is 1.29 bits per heavy atom. The Kier molecular flexibility index (Phi) is 4.38. The third kappa shape index (κ3) is 3.04. The summed E-state index contributed by atoms with van der Waals surface area (Å²) >= 11 is 0. The maximum absolute atomic E-state index is 12.2. The van der Waals surface area contributed by atoms with Crippen LogP contribution in [0.25, 0.3) is 10.9 Å². The van der Waals surface area contributed by atoms with E-state index in [0.717, 1.165) is 21.4 Å². The zero-order valence-electron chi connectivity index (χ0n) is 13.9. The van der Waals surface area contributed by atoms with Gasteiger partial charge in [-0.25, -0.2) is 0 Å². The summed E-state index contributed by atoms with van der Waals surface area (Å²) in [7, 11) is 0. The lowest BCUT2D eigenvalue weighted by Gasteiger charge is -2.21. The molecular formula is C18H21N3O3. The van der Waals surface area contributed by atoms with E-state index in [1.807, 2.05) is 13.1 Å². The molecule has 0 bridgehead atoms. The molecule has 6 nitrogen and oxygen atoms in total. The SMILES string of the molecule is Cc1ccc2c(CCNC(=O)[C@H](C)N3C(=O)CCC3=O)c[nH]c2c1. The minimum Gasteiger partial charge on any atom is -0.361 e. The van der Waals surface area contributed by atoms with Gasteiger partial charge >= 0.3 is 0 Å². The van der Waals surface area contributed by atoms with Gasteiger partial charge in [-0.15, -0.1) is 0 Å². The molecule has 1 fully saturated rings. The van der Waals surface area contributed by atoms with Gasteiger partial charge in [0.1, 0.15) is 6.04 Å². The molecule has 0 spiro atoms. The lowest BCUT2D eigenvalue weighted by molar-refractivity contribution is -0.146. The summed E-state index contributed by atoms with van der Waals surface area (Å²) in [5, 5.41) is 3.96. The van der Waals surface area contributed by atoms with E-state index in [-0.39, 0.29) is 30.6 Å². The normalized spacial score (nSPS) is 16.0. The van der Waals surface area contributed by atoms with Gasteiger partial charge in [0.25, 0.3) is 0 Å². The van der Waals surface area contributed by atoms with Gasteiger partial charge in [0.2, 0.25) is 17.7 Å². The molecule has 0 radical (unpaired) electrons. The highest BCUT2D eigenvalue weighted by atomic mass is 16.2. The number of hydrogen-bond donors (Lipinski definition) is 2. The number of carbonyl (C=O) groups is 3. The number of hydrogen-bond acceptors (Lipinski definition) is 3. The van der Waals surface area contributed by atoms with Crippen molar-refractivity contribution in [1.82, 2.24) is 15.2 Å². The maximum Gasteiger partial charge on any atom is 0.243 e. The molecule has 24 heavy (non-hydrogen) atoms. The summed E-state index contributed by atoms with van der Waals surface area (Å²) in [4.78, 5) is 39.9. The van der Waals surface area contributed by atoms with Gasteiger partial charge in [-0.2, -0.15) is 0 Å². The quantitative estimate of drug-likeness (QED) is 0.820. The fraction of sp³-hybridized carbons (Fsp3) is 0.389. The highest BCUT2D eigenvalue weighted by Gasteiger charge is 2.35. The van der Waals surface area contributed by atoms with Gasteiger partial charge < -0.3 is 10.3 Å². The van der Waals surface area contributed by atoms with Crippen LogP contribution in [0.5, 0.6) is 0 Å². The second kappa shape index (κ2) is 6.47. The Bertz CT molecular complexity index is 793. The molecule has 1 aliphatic rings. The van der Waals surface area contributed by atoms with Crippen molar-refractivity contribution in [3.05, 3.63) is 35.5 Å². The van der Waals surface area contributed by atoms with Crippen molar-refractivity contribution in [3.63, 3.8) is 0 Å². The Labute approximate surface area is 140 Å². The Morgan fingerprint density at radius 3 is 2.71 bits per heavy atom. The van der Waals surface area contributed by atoms with E-state index in [1.165, 1.54) is 5.56 Å². The smallest absolute Gasteiger partial charge is 0.243 e. The number of nitrogens with one attached hydrogen (secondary N) is 2. The van der Waals surface area contributed by atoms with Gasteiger partial charge in [-0.1, -0.05) is 12.1 Å². The molecule has 0 saturated carbocycles. The number of aryl methyl sites for hydroxylation is 1. The molecule has 0 aliphatic carbocycles. The summed E-state index contributed by atoms with van der Waals surface area (Å²) in [5.41, 5.74) is 3.40. The van der Waals surface area contributed by atoms with E-state index in [4.69, 9.17) is 0 Å². The van der Waals surface area contributed by atoms with Crippen molar-refractivity contribution in [2.24, 2.45) is 0 Å². The first kappa shape index (κ1) is 16.2. The number of amides is 3. The monoisotopic (exact) mass is 327 g/mol. The molecule has 0 unspecified atom stereocenters. The fourth-order valence-electron chi connectivity index (χ4n) is 3.12. The van der Waals surface area contributed by atoms with Crippen LogP contribution in [0.2, 0.25) is 0 Å². The minimum absolute atomic E-state index is 0.200. The highest BCUT2D eigenvalue weighted by Crippen LogP contribution is 2.20. The number of rotatable bonds is 5. The number of aromatic nitrogens is 1. The molecule has 2 N–H and O–H groups in total. The predicted molar refractivity (Wildman–Crippen MR) is 90.3 cm³/mol. The van der Waals surface area contributed by atoms with Crippen LogP contribution in [-0.4, -0.2) is 40.2 Å². The molecule has 3 amide bonds. The van der Waals surface area contributed by atoms with Gasteiger partial charge in [-0.3, -0.25) is 19.3 Å². The second-order valence-corrected chi connectivity index (χ2v) is 6.24. The van der Waals surface area contributed by atoms with Gasteiger partial charge in [0.15, 0.2) is 0 Å². The fourth-order valence-corrected chi connectivity index (χ4v) is 3.12. The molecule has 2 heterocycles. The van der Waals surface area contributed by atoms with E-state index in [2.05, 4.69) is 28.5 Å². The molecule has 1 aromatic carbocycles. The van der Waals surface area contributed by atoms with Crippen molar-refractivity contribution in [2.75, 3.05) is 6.54 Å². The van der Waals surface area contributed by atoms with Crippen LogP contribution in [0.1, 0.15) is 30.9 Å². The molecule has 1 saturated heterocycles. The lowest BCUT2D eigenvalue weighted by Crippen LogP contribution is -2.47. The van der Waals surface area contributed by atoms with Crippen molar-refractivity contribution in [3.8, 4) is 0 Å². The lowest BCUT2D eigenvalue weighted by atomic mass is 10.1. The average Bonchev–Trinajstić information content (AvgIpc) is 3.09. The minimum atomic E-state index is -0.752. The van der Waals surface area contributed by atoms with Gasteiger partial charge in [-0.05, 0) is 37.5 Å². The number of benzene rings is 1.